The molecule has 1 heterocycles. The molecule has 0 N–H and O–H groups in total. The van der Waals surface area contributed by atoms with E-state index in [0.717, 1.165) is 27.6 Å². The first-order valence-corrected chi connectivity index (χ1v) is 8.88. The van der Waals surface area contributed by atoms with Crippen LogP contribution in [0.1, 0.15) is 16.7 Å². The van der Waals surface area contributed by atoms with Crippen LogP contribution in [0.2, 0.25) is 5.15 Å². The number of aromatic nitrogens is 1. The Balaban J connectivity index is 1.94. The van der Waals surface area contributed by atoms with Crippen LogP contribution in [0.15, 0.2) is 54.6 Å². The van der Waals surface area contributed by atoms with Crippen molar-refractivity contribution in [2.45, 2.75) is 20.0 Å². The Hall–Kier alpha value is -2.59. The highest BCUT2D eigenvalue weighted by Crippen LogP contribution is 2.24. The minimum atomic E-state index is -0.0609. The van der Waals surface area contributed by atoms with E-state index in [1.54, 1.807) is 23.9 Å². The van der Waals surface area contributed by atoms with Crippen molar-refractivity contribution in [1.29, 1.82) is 0 Å². The third kappa shape index (κ3) is 4.14. The van der Waals surface area contributed by atoms with E-state index in [4.69, 9.17) is 11.6 Å². The monoisotopic (exact) mass is 367 g/mol. The summed E-state index contributed by atoms with van der Waals surface area (Å²) in [6.07, 6.45) is 0. The third-order valence-corrected chi connectivity index (χ3v) is 4.55. The number of aryl methyl sites for hydroxylation is 1. The molecule has 3 aromatic rings. The molecule has 4 nitrogen and oxygen atoms in total. The van der Waals surface area contributed by atoms with Gasteiger partial charge >= 0.3 is 6.03 Å². The number of nitrogens with zero attached hydrogens (tertiary/aromatic N) is 3. The van der Waals surface area contributed by atoms with Crippen LogP contribution < -0.4 is 0 Å². The first kappa shape index (κ1) is 18.2. The van der Waals surface area contributed by atoms with E-state index in [1.165, 1.54) is 0 Å². The summed E-state index contributed by atoms with van der Waals surface area (Å²) in [5, 5.41) is 1.47. The average molecular weight is 368 g/mol. The number of urea groups is 1. The van der Waals surface area contributed by atoms with Gasteiger partial charge < -0.3 is 9.80 Å². The lowest BCUT2D eigenvalue weighted by Gasteiger charge is -2.26. The molecule has 134 valence electrons. The number of rotatable bonds is 4. The van der Waals surface area contributed by atoms with Crippen molar-refractivity contribution >= 4 is 28.5 Å². The van der Waals surface area contributed by atoms with Crippen molar-refractivity contribution in [1.82, 2.24) is 14.8 Å². The summed E-state index contributed by atoms with van der Waals surface area (Å²) in [5.74, 6) is 0. The second-order valence-electron chi connectivity index (χ2n) is 6.65. The van der Waals surface area contributed by atoms with E-state index < -0.39 is 0 Å². The molecule has 5 heteroatoms. The second kappa shape index (κ2) is 7.75. The highest BCUT2D eigenvalue weighted by molar-refractivity contribution is 6.30. The molecule has 0 saturated carbocycles. The van der Waals surface area contributed by atoms with Crippen LogP contribution in [0, 0.1) is 6.92 Å². The van der Waals surface area contributed by atoms with Gasteiger partial charge in [0.2, 0.25) is 0 Å². The van der Waals surface area contributed by atoms with Crippen molar-refractivity contribution in [3.05, 3.63) is 76.4 Å². The molecule has 0 unspecified atom stereocenters. The number of hydrogen-bond acceptors (Lipinski definition) is 2. The molecular weight excluding hydrogens is 346 g/mol. The fourth-order valence-corrected chi connectivity index (χ4v) is 3.12. The van der Waals surface area contributed by atoms with Gasteiger partial charge in [0, 0.05) is 31.6 Å². The van der Waals surface area contributed by atoms with Crippen LogP contribution >= 0.6 is 11.6 Å². The molecule has 0 aliphatic rings. The molecule has 0 spiro atoms. The predicted octanol–water partition coefficient (Wildman–Crippen LogP) is 4.88. The summed E-state index contributed by atoms with van der Waals surface area (Å²) in [6, 6.07) is 18.0. The van der Waals surface area contributed by atoms with Crippen LogP contribution in [-0.4, -0.2) is 34.9 Å². The van der Waals surface area contributed by atoms with Crippen molar-refractivity contribution in [3.8, 4) is 0 Å². The van der Waals surface area contributed by atoms with E-state index in [9.17, 15) is 4.79 Å². The molecule has 0 aliphatic carbocycles. The van der Waals surface area contributed by atoms with E-state index >= 15 is 0 Å². The van der Waals surface area contributed by atoms with Gasteiger partial charge in [0.1, 0.15) is 5.15 Å². The summed E-state index contributed by atoms with van der Waals surface area (Å²) in [7, 11) is 3.51. The van der Waals surface area contributed by atoms with Crippen LogP contribution in [0.25, 0.3) is 10.9 Å². The molecule has 0 atom stereocenters. The molecule has 2 aromatic carbocycles. The maximum atomic E-state index is 12.7. The van der Waals surface area contributed by atoms with Gasteiger partial charge in [-0.2, -0.15) is 0 Å². The van der Waals surface area contributed by atoms with Gasteiger partial charge in [-0.15, -0.1) is 0 Å². The molecule has 0 fully saturated rings. The molecule has 0 bridgehead atoms. The first-order chi connectivity index (χ1) is 12.4. The fourth-order valence-electron chi connectivity index (χ4n) is 2.91. The molecule has 0 aliphatic heterocycles. The van der Waals surface area contributed by atoms with Gasteiger partial charge in [-0.3, -0.25) is 0 Å². The number of pyridine rings is 1. The summed E-state index contributed by atoms with van der Waals surface area (Å²) in [6.45, 7) is 2.96. The number of carbonyl (C=O) groups excluding carboxylic acids is 1. The summed E-state index contributed by atoms with van der Waals surface area (Å²) < 4.78 is 0. The Morgan fingerprint density at radius 2 is 1.77 bits per heavy atom. The predicted molar refractivity (Wildman–Crippen MR) is 106 cm³/mol. The van der Waals surface area contributed by atoms with Crippen LogP contribution in [-0.2, 0) is 13.1 Å². The fraction of sp³-hybridized carbons (Fsp3) is 0.238. The maximum absolute atomic E-state index is 12.7. The average Bonchev–Trinajstić information content (AvgIpc) is 2.62. The van der Waals surface area contributed by atoms with Crippen molar-refractivity contribution in [2.24, 2.45) is 0 Å². The molecular formula is C21H22ClN3O. The van der Waals surface area contributed by atoms with E-state index in [0.29, 0.717) is 18.2 Å². The number of fused-ring (bicyclic) bond motifs is 1. The summed E-state index contributed by atoms with van der Waals surface area (Å²) in [5.41, 5.74) is 3.94. The topological polar surface area (TPSA) is 36.4 Å². The number of halogens is 1. The van der Waals surface area contributed by atoms with E-state index in [2.05, 4.69) is 11.1 Å². The Morgan fingerprint density at radius 3 is 2.46 bits per heavy atom. The zero-order valence-corrected chi connectivity index (χ0v) is 16.0. The number of carbonyl (C=O) groups is 1. The lowest BCUT2D eigenvalue weighted by molar-refractivity contribution is 0.165. The third-order valence-electron chi connectivity index (χ3n) is 4.23. The van der Waals surface area contributed by atoms with Gasteiger partial charge in [-0.1, -0.05) is 53.6 Å². The van der Waals surface area contributed by atoms with Crippen molar-refractivity contribution in [2.75, 3.05) is 14.1 Å². The van der Waals surface area contributed by atoms with Crippen LogP contribution in [0.4, 0.5) is 4.79 Å². The smallest absolute Gasteiger partial charge is 0.320 e. The van der Waals surface area contributed by atoms with E-state index in [-0.39, 0.29) is 6.03 Å². The Kier molecular flexibility index (Phi) is 5.43. The van der Waals surface area contributed by atoms with Gasteiger partial charge in [-0.25, -0.2) is 9.78 Å². The van der Waals surface area contributed by atoms with Crippen molar-refractivity contribution < 1.29 is 4.79 Å². The molecule has 0 radical (unpaired) electrons. The number of hydrogen-bond donors (Lipinski definition) is 0. The SMILES string of the molecule is Cc1ccc2nc(Cl)c(CN(Cc3ccccc3)C(=O)N(C)C)cc2c1. The zero-order valence-electron chi connectivity index (χ0n) is 15.2. The Morgan fingerprint density at radius 1 is 1.04 bits per heavy atom. The number of benzene rings is 2. The molecule has 26 heavy (non-hydrogen) atoms. The highest BCUT2D eigenvalue weighted by atomic mass is 35.5. The molecule has 2 amide bonds. The summed E-state index contributed by atoms with van der Waals surface area (Å²) in [4.78, 5) is 20.5. The Labute approximate surface area is 159 Å². The maximum Gasteiger partial charge on any atom is 0.320 e. The minimum absolute atomic E-state index is 0.0609. The summed E-state index contributed by atoms with van der Waals surface area (Å²) >= 11 is 6.41. The highest BCUT2D eigenvalue weighted by Gasteiger charge is 2.18. The quantitative estimate of drug-likeness (QED) is 0.616. The zero-order chi connectivity index (χ0) is 18.7. The van der Waals surface area contributed by atoms with Crippen LogP contribution in [0.5, 0.6) is 0 Å². The van der Waals surface area contributed by atoms with Gasteiger partial charge in [-0.05, 0) is 30.7 Å². The minimum Gasteiger partial charge on any atom is -0.331 e. The number of amides is 2. The largest absolute Gasteiger partial charge is 0.331 e. The van der Waals surface area contributed by atoms with Crippen molar-refractivity contribution in [3.63, 3.8) is 0 Å². The van der Waals surface area contributed by atoms with E-state index in [1.807, 2.05) is 55.5 Å². The molecule has 3 rings (SSSR count). The standard InChI is InChI=1S/C21H22ClN3O/c1-15-9-10-19-17(11-15)12-18(20(22)23-19)14-25(21(26)24(2)3)13-16-7-5-4-6-8-16/h4-12H,13-14H2,1-3H3. The van der Waals surface area contributed by atoms with Gasteiger partial charge in [0.05, 0.1) is 12.1 Å². The van der Waals surface area contributed by atoms with Gasteiger partial charge in [0.15, 0.2) is 0 Å². The van der Waals surface area contributed by atoms with Gasteiger partial charge in [0.25, 0.3) is 0 Å². The second-order valence-corrected chi connectivity index (χ2v) is 7.01. The molecule has 1 aromatic heterocycles. The lowest BCUT2D eigenvalue weighted by Crippen LogP contribution is -2.38. The normalized spacial score (nSPS) is 10.8. The lowest BCUT2D eigenvalue weighted by atomic mass is 10.1. The molecule has 0 saturated heterocycles. The first-order valence-electron chi connectivity index (χ1n) is 8.50. The van der Waals surface area contributed by atoms with Crippen LogP contribution in [0.3, 0.4) is 0 Å². The Bertz CT molecular complexity index is 925.